The second-order valence-corrected chi connectivity index (χ2v) is 6.63. The number of ether oxygens (including phenoxy) is 1. The normalized spacial score (nSPS) is 12.6. The molecule has 0 aliphatic carbocycles. The minimum Gasteiger partial charge on any atom is -0.384 e. The average Bonchev–Trinajstić information content (AvgIpc) is 2.14. The van der Waals surface area contributed by atoms with Gasteiger partial charge in [0.1, 0.15) is 0 Å². The molecule has 0 radical (unpaired) electrons. The summed E-state index contributed by atoms with van der Waals surface area (Å²) < 4.78 is 29.5. The van der Waals surface area contributed by atoms with E-state index in [0.29, 0.717) is 13.1 Å². The van der Waals surface area contributed by atoms with Gasteiger partial charge in [0.05, 0.1) is 12.4 Å². The van der Waals surface area contributed by atoms with Crippen LogP contribution in [0, 0.1) is 5.41 Å². The minimum absolute atomic E-state index is 0. The Morgan fingerprint density at radius 3 is 2.25 bits per heavy atom. The van der Waals surface area contributed by atoms with Gasteiger partial charge in [-0.3, -0.25) is 0 Å². The summed E-state index contributed by atoms with van der Waals surface area (Å²) in [5.41, 5.74) is 5.35. The molecule has 0 aliphatic heterocycles. The van der Waals surface area contributed by atoms with Crippen molar-refractivity contribution in [3.63, 3.8) is 0 Å². The van der Waals surface area contributed by atoms with Gasteiger partial charge >= 0.3 is 0 Å². The maximum Gasteiger partial charge on any atom is 0.216 e. The molecule has 2 N–H and O–H groups in total. The van der Waals surface area contributed by atoms with E-state index in [2.05, 4.69) is 0 Å². The highest BCUT2D eigenvalue weighted by molar-refractivity contribution is 7.89. The van der Waals surface area contributed by atoms with E-state index < -0.39 is 10.0 Å². The number of hydrogen-bond acceptors (Lipinski definition) is 4. The average molecular weight is 275 g/mol. The highest BCUT2D eigenvalue weighted by Gasteiger charge is 2.25. The lowest BCUT2D eigenvalue weighted by Crippen LogP contribution is -2.41. The highest BCUT2D eigenvalue weighted by Crippen LogP contribution is 2.15. The second-order valence-electron chi connectivity index (χ2n) is 4.43. The first-order valence-electron chi connectivity index (χ1n) is 4.88. The molecule has 0 unspecified atom stereocenters. The molecule has 0 aromatic heterocycles. The molecule has 0 spiro atoms. The summed E-state index contributed by atoms with van der Waals surface area (Å²) in [5.74, 6) is 0.0145. The van der Waals surface area contributed by atoms with Gasteiger partial charge in [0, 0.05) is 20.7 Å². The van der Waals surface area contributed by atoms with Crippen molar-refractivity contribution in [2.24, 2.45) is 11.1 Å². The molecule has 0 bridgehead atoms. The summed E-state index contributed by atoms with van der Waals surface area (Å²) in [6.07, 6.45) is 0. The van der Waals surface area contributed by atoms with Crippen LogP contribution in [-0.4, -0.2) is 52.3 Å². The molecular formula is C9H23ClN2O3S. The van der Waals surface area contributed by atoms with Crippen LogP contribution in [0.2, 0.25) is 0 Å². The van der Waals surface area contributed by atoms with Crippen LogP contribution < -0.4 is 5.73 Å². The largest absolute Gasteiger partial charge is 0.384 e. The van der Waals surface area contributed by atoms with E-state index in [0.717, 1.165) is 0 Å². The van der Waals surface area contributed by atoms with Crippen molar-refractivity contribution < 1.29 is 13.2 Å². The van der Waals surface area contributed by atoms with Crippen LogP contribution in [0.25, 0.3) is 0 Å². The number of nitrogens with zero attached hydrogens (tertiary/aromatic N) is 1. The maximum absolute atomic E-state index is 11.7. The van der Waals surface area contributed by atoms with Crippen molar-refractivity contribution in [1.82, 2.24) is 4.31 Å². The van der Waals surface area contributed by atoms with E-state index in [-0.39, 0.29) is 30.2 Å². The van der Waals surface area contributed by atoms with Gasteiger partial charge < -0.3 is 10.5 Å². The summed E-state index contributed by atoms with van der Waals surface area (Å²) in [6, 6.07) is 0. The summed E-state index contributed by atoms with van der Waals surface area (Å²) in [6.45, 7) is 4.98. The molecule has 0 atom stereocenters. The number of nitrogens with two attached hydrogens (primary N) is 1. The third-order valence-electron chi connectivity index (χ3n) is 2.22. The number of hydrogen-bond donors (Lipinski definition) is 1. The molecule has 0 aromatic carbocycles. The zero-order valence-electron chi connectivity index (χ0n) is 10.4. The third kappa shape index (κ3) is 6.65. The summed E-state index contributed by atoms with van der Waals surface area (Å²) in [4.78, 5) is 0. The molecule has 0 heterocycles. The second kappa shape index (κ2) is 7.45. The van der Waals surface area contributed by atoms with Crippen LogP contribution in [0.15, 0.2) is 0 Å². The molecule has 0 saturated heterocycles. The topological polar surface area (TPSA) is 72.6 Å². The lowest BCUT2D eigenvalue weighted by atomic mass is 9.94. The van der Waals surface area contributed by atoms with Gasteiger partial charge in [0.2, 0.25) is 10.0 Å². The van der Waals surface area contributed by atoms with Crippen molar-refractivity contribution in [2.75, 3.05) is 39.6 Å². The van der Waals surface area contributed by atoms with Gasteiger partial charge in [0.15, 0.2) is 0 Å². The van der Waals surface area contributed by atoms with Crippen LogP contribution >= 0.6 is 12.4 Å². The Labute approximate surface area is 105 Å². The van der Waals surface area contributed by atoms with E-state index in [1.165, 1.54) is 11.4 Å². The molecule has 0 amide bonds. The van der Waals surface area contributed by atoms with E-state index in [4.69, 9.17) is 10.5 Å². The Hall–Kier alpha value is 0.120. The standard InChI is InChI=1S/C9H22N2O3S.ClH/c1-9(2,7-10)8-11(3)15(12,13)6-5-14-4;/h5-8,10H2,1-4H3;1H. The predicted molar refractivity (Wildman–Crippen MR) is 68.4 cm³/mol. The Kier molecular flexibility index (Phi) is 8.60. The first kappa shape index (κ1) is 18.5. The monoisotopic (exact) mass is 274 g/mol. The van der Waals surface area contributed by atoms with Gasteiger partial charge in [-0.2, -0.15) is 0 Å². The molecule has 0 aliphatic rings. The van der Waals surface area contributed by atoms with E-state index in [9.17, 15) is 8.42 Å². The molecular weight excluding hydrogens is 252 g/mol. The predicted octanol–water partition coefficient (Wildman–Crippen LogP) is 0.301. The van der Waals surface area contributed by atoms with Gasteiger partial charge in [-0.25, -0.2) is 12.7 Å². The zero-order valence-corrected chi connectivity index (χ0v) is 12.0. The van der Waals surface area contributed by atoms with E-state index in [1.807, 2.05) is 13.8 Å². The molecule has 0 fully saturated rings. The van der Waals surface area contributed by atoms with Crippen molar-refractivity contribution in [1.29, 1.82) is 0 Å². The number of methoxy groups -OCH3 is 1. The van der Waals surface area contributed by atoms with Gasteiger partial charge in [-0.15, -0.1) is 12.4 Å². The van der Waals surface area contributed by atoms with E-state index in [1.54, 1.807) is 7.05 Å². The summed E-state index contributed by atoms with van der Waals surface area (Å²) in [5, 5.41) is 0. The van der Waals surface area contributed by atoms with Crippen LogP contribution in [0.5, 0.6) is 0 Å². The lowest BCUT2D eigenvalue weighted by molar-refractivity contribution is 0.214. The Morgan fingerprint density at radius 2 is 1.88 bits per heavy atom. The molecule has 16 heavy (non-hydrogen) atoms. The molecule has 5 nitrogen and oxygen atoms in total. The van der Waals surface area contributed by atoms with Crippen LogP contribution in [-0.2, 0) is 14.8 Å². The molecule has 7 heteroatoms. The fourth-order valence-corrected chi connectivity index (χ4v) is 2.35. The smallest absolute Gasteiger partial charge is 0.216 e. The van der Waals surface area contributed by atoms with Gasteiger partial charge in [-0.05, 0) is 12.0 Å². The summed E-state index contributed by atoms with van der Waals surface area (Å²) >= 11 is 0. The van der Waals surface area contributed by atoms with Crippen molar-refractivity contribution >= 4 is 22.4 Å². The Bertz CT molecular complexity index is 280. The lowest BCUT2D eigenvalue weighted by Gasteiger charge is -2.28. The van der Waals surface area contributed by atoms with E-state index >= 15 is 0 Å². The SMILES string of the molecule is COCCS(=O)(=O)N(C)CC(C)(C)CN.Cl. The highest BCUT2D eigenvalue weighted by atomic mass is 35.5. The quantitative estimate of drug-likeness (QED) is 0.725. The first-order chi connectivity index (χ1) is 6.75. The van der Waals surface area contributed by atoms with Crippen molar-refractivity contribution in [3.05, 3.63) is 0 Å². The van der Waals surface area contributed by atoms with Gasteiger partial charge in [0.25, 0.3) is 0 Å². The number of halogens is 1. The molecule has 0 aromatic rings. The summed E-state index contributed by atoms with van der Waals surface area (Å²) in [7, 11) is -0.156. The van der Waals surface area contributed by atoms with Crippen LogP contribution in [0.1, 0.15) is 13.8 Å². The molecule has 0 saturated carbocycles. The fraction of sp³-hybridized carbons (Fsp3) is 1.00. The van der Waals surface area contributed by atoms with Gasteiger partial charge in [-0.1, -0.05) is 13.8 Å². The van der Waals surface area contributed by atoms with Crippen LogP contribution in [0.4, 0.5) is 0 Å². The third-order valence-corrected chi connectivity index (χ3v) is 3.98. The Balaban J connectivity index is 0. The number of sulfonamides is 1. The zero-order chi connectivity index (χ0) is 12.1. The van der Waals surface area contributed by atoms with Crippen molar-refractivity contribution in [3.8, 4) is 0 Å². The van der Waals surface area contributed by atoms with Crippen LogP contribution in [0.3, 0.4) is 0 Å². The first-order valence-corrected chi connectivity index (χ1v) is 6.49. The molecule has 0 rings (SSSR count). The molecule has 100 valence electrons. The minimum atomic E-state index is -3.21. The van der Waals surface area contributed by atoms with Crippen molar-refractivity contribution in [2.45, 2.75) is 13.8 Å². The fourth-order valence-electron chi connectivity index (χ4n) is 1.11. The Morgan fingerprint density at radius 1 is 1.38 bits per heavy atom. The number of rotatable bonds is 7. The maximum atomic E-state index is 11.7.